The van der Waals surface area contributed by atoms with Gasteiger partial charge in [-0.05, 0) is 183 Å². The molecule has 0 fully saturated rings. The molecule has 0 amide bonds. The van der Waals surface area contributed by atoms with Crippen molar-refractivity contribution >= 4 is 46.4 Å². The van der Waals surface area contributed by atoms with Gasteiger partial charge in [0.05, 0.1) is 33.8 Å². The molecule has 4 aromatic carbocycles. The Morgan fingerprint density at radius 3 is 1.41 bits per heavy atom. The lowest BCUT2D eigenvalue weighted by atomic mass is 9.90. The zero-order valence-corrected chi connectivity index (χ0v) is 33.5. The predicted octanol–water partition coefficient (Wildman–Crippen LogP) is 13.6. The van der Waals surface area contributed by atoms with E-state index in [4.69, 9.17) is 9.97 Å². The lowest BCUT2D eigenvalue weighted by Crippen LogP contribution is -1.99. The Morgan fingerprint density at radius 1 is 0.393 bits per heavy atom. The zero-order valence-electron chi connectivity index (χ0n) is 33.5. The van der Waals surface area contributed by atoms with E-state index in [1.54, 1.807) is 0 Å². The maximum absolute atomic E-state index is 5.43. The predicted molar refractivity (Wildman–Crippen MR) is 238 cm³/mol. The first-order valence-electron chi connectivity index (χ1n) is 19.5. The normalized spacial score (nSPS) is 12.1. The first-order chi connectivity index (χ1) is 27.0. The quantitative estimate of drug-likeness (QED) is 0.196. The Hall–Kier alpha value is -6.52. The van der Waals surface area contributed by atoms with Gasteiger partial charge in [0, 0.05) is 33.4 Å². The number of hydrogen-bond acceptors (Lipinski definition) is 2. The third-order valence-corrected chi connectivity index (χ3v) is 11.8. The average Bonchev–Trinajstić information content (AvgIpc) is 3.98. The molecule has 0 saturated carbocycles. The molecule has 0 saturated heterocycles. The molecule has 2 aliphatic heterocycles. The summed E-state index contributed by atoms with van der Waals surface area (Å²) >= 11 is 0. The molecule has 0 unspecified atom stereocenters. The average molecular weight is 727 g/mol. The van der Waals surface area contributed by atoms with Crippen LogP contribution in [-0.2, 0) is 0 Å². The number of H-pyrrole nitrogens is 1. The molecule has 56 heavy (non-hydrogen) atoms. The van der Waals surface area contributed by atoms with Gasteiger partial charge in [0.25, 0.3) is 0 Å². The van der Waals surface area contributed by atoms with Crippen molar-refractivity contribution in [3.8, 4) is 39.1 Å². The molecule has 0 atom stereocenters. The summed E-state index contributed by atoms with van der Waals surface area (Å²) < 4.78 is 2.49. The van der Waals surface area contributed by atoms with Crippen LogP contribution in [0.25, 0.3) is 85.4 Å². The number of fused-ring (bicyclic) bond motifs is 8. The summed E-state index contributed by atoms with van der Waals surface area (Å²) in [5.41, 5.74) is 25.7. The molecule has 274 valence electrons. The molecule has 2 aliphatic rings. The number of nitrogens with zero attached hydrogens (tertiary/aromatic N) is 3. The third-order valence-electron chi connectivity index (χ3n) is 11.8. The molecule has 0 radical (unpaired) electrons. The van der Waals surface area contributed by atoms with Gasteiger partial charge in [0.1, 0.15) is 0 Å². The van der Waals surface area contributed by atoms with Crippen LogP contribution in [0.15, 0.2) is 103 Å². The number of nitrogens with one attached hydrogen (secondary N) is 1. The Balaban J connectivity index is 1.63. The summed E-state index contributed by atoms with van der Waals surface area (Å²) in [5, 5.41) is 0. The lowest BCUT2D eigenvalue weighted by molar-refractivity contribution is 1.15. The van der Waals surface area contributed by atoms with Crippen LogP contribution in [0.5, 0.6) is 0 Å². The zero-order chi connectivity index (χ0) is 38.8. The van der Waals surface area contributed by atoms with Crippen molar-refractivity contribution in [3.63, 3.8) is 0 Å². The van der Waals surface area contributed by atoms with Gasteiger partial charge in [-0.3, -0.25) is 0 Å². The van der Waals surface area contributed by atoms with Gasteiger partial charge in [0.15, 0.2) is 0 Å². The van der Waals surface area contributed by atoms with Crippen LogP contribution >= 0.6 is 0 Å². The lowest BCUT2D eigenvalue weighted by Gasteiger charge is -2.16. The fourth-order valence-corrected chi connectivity index (χ4v) is 7.98. The Labute approximate surface area is 329 Å². The molecule has 8 bridgehead atoms. The van der Waals surface area contributed by atoms with E-state index in [2.05, 4.69) is 192 Å². The van der Waals surface area contributed by atoms with E-state index in [1.807, 2.05) is 0 Å². The highest BCUT2D eigenvalue weighted by molar-refractivity contribution is 6.11. The van der Waals surface area contributed by atoms with Crippen molar-refractivity contribution in [2.24, 2.45) is 0 Å². The van der Waals surface area contributed by atoms with Crippen LogP contribution in [0.4, 0.5) is 0 Å². The Morgan fingerprint density at radius 2 is 0.857 bits per heavy atom. The molecule has 5 heterocycles. The topological polar surface area (TPSA) is 46.5 Å². The van der Waals surface area contributed by atoms with Gasteiger partial charge in [-0.2, -0.15) is 0 Å². The Kier molecular flexibility index (Phi) is 8.58. The molecule has 4 nitrogen and oxygen atoms in total. The van der Waals surface area contributed by atoms with Crippen molar-refractivity contribution in [2.75, 3.05) is 0 Å². The van der Waals surface area contributed by atoms with Crippen LogP contribution in [0.1, 0.15) is 67.3 Å². The van der Waals surface area contributed by atoms with E-state index in [9.17, 15) is 0 Å². The maximum atomic E-state index is 5.43. The van der Waals surface area contributed by atoms with Crippen LogP contribution < -0.4 is 0 Å². The van der Waals surface area contributed by atoms with Crippen LogP contribution in [0, 0.1) is 55.4 Å². The van der Waals surface area contributed by atoms with Crippen molar-refractivity contribution < 1.29 is 0 Å². The van der Waals surface area contributed by atoms with E-state index < -0.39 is 0 Å². The molecule has 0 aliphatic carbocycles. The van der Waals surface area contributed by atoms with Crippen LogP contribution in [-0.4, -0.2) is 19.5 Å². The highest BCUT2D eigenvalue weighted by Gasteiger charge is 2.26. The van der Waals surface area contributed by atoms with Gasteiger partial charge < -0.3 is 9.55 Å². The van der Waals surface area contributed by atoms with E-state index in [0.717, 1.165) is 78.3 Å². The van der Waals surface area contributed by atoms with Crippen molar-refractivity contribution in [2.45, 2.75) is 55.4 Å². The van der Waals surface area contributed by atoms with Crippen molar-refractivity contribution in [1.82, 2.24) is 19.5 Å². The minimum atomic E-state index is 0.897. The fraction of sp³-hybridized carbons (Fsp3) is 0.154. The first kappa shape index (κ1) is 35.2. The molecular weight excluding hydrogens is 681 g/mol. The van der Waals surface area contributed by atoms with Gasteiger partial charge >= 0.3 is 0 Å². The van der Waals surface area contributed by atoms with Gasteiger partial charge in [-0.15, -0.1) is 0 Å². The number of aromatic amines is 1. The minimum absolute atomic E-state index is 0.897. The van der Waals surface area contributed by atoms with Crippen molar-refractivity contribution in [3.05, 3.63) is 170 Å². The summed E-state index contributed by atoms with van der Waals surface area (Å²) in [6.07, 6.45) is 8.57. The van der Waals surface area contributed by atoms with E-state index in [-0.39, 0.29) is 0 Å². The fourth-order valence-electron chi connectivity index (χ4n) is 7.98. The van der Waals surface area contributed by atoms with Gasteiger partial charge in [-0.25, -0.2) is 9.97 Å². The van der Waals surface area contributed by atoms with Crippen LogP contribution in [0.3, 0.4) is 0 Å². The largest absolute Gasteiger partial charge is 0.355 e. The summed E-state index contributed by atoms with van der Waals surface area (Å²) in [5.74, 6) is 0. The number of benzene rings is 4. The number of hydrogen-bond donors (Lipinski definition) is 1. The smallest absolute Gasteiger partial charge is 0.0737 e. The molecule has 1 N–H and O–H groups in total. The van der Waals surface area contributed by atoms with E-state index in [1.165, 1.54) is 50.1 Å². The summed E-state index contributed by atoms with van der Waals surface area (Å²) in [4.78, 5) is 14.2. The second-order valence-corrected chi connectivity index (χ2v) is 15.7. The third kappa shape index (κ3) is 6.21. The van der Waals surface area contributed by atoms with Gasteiger partial charge in [-0.1, -0.05) is 60.7 Å². The second kappa shape index (κ2) is 13.6. The molecular formula is C52H46N4. The molecule has 4 heteroatoms. The monoisotopic (exact) mass is 726 g/mol. The van der Waals surface area contributed by atoms with Crippen LogP contribution in [0.2, 0.25) is 0 Å². The number of aryl methyl sites for hydroxylation is 8. The number of aromatic nitrogens is 4. The van der Waals surface area contributed by atoms with Gasteiger partial charge in [0.2, 0.25) is 0 Å². The van der Waals surface area contributed by atoms with Crippen molar-refractivity contribution in [1.29, 1.82) is 0 Å². The van der Waals surface area contributed by atoms with E-state index in [0.29, 0.717) is 0 Å². The second-order valence-electron chi connectivity index (χ2n) is 15.7. The molecule has 0 spiro atoms. The standard InChI is InChI=1S/C52H46N4/c1-30-9-13-38(23-34(30)5)49-47-22-20-44(55-47)28-43-17-16-41(53-43)27-42-18-19-45(54-42)29-48-50(39-14-10-31(2)35(6)24-39)51(40-15-11-32(3)36(7)25-40)52(49)56(48)46-21-12-33(4)37(8)26-46/h9-29,53H,1-8H3. The summed E-state index contributed by atoms with van der Waals surface area (Å²) in [6, 6.07) is 38.2. The SMILES string of the molecule is Cc1ccc(-c2c(-c3ccc(C)c(C)c3)c3c(-c4ccc(C)c(C)c4)c4nc(cc5ccc(cc6nc(cc2n3-c2ccc(C)c(C)c2)C=C6)[nH]5)C=C4)cc1C. The maximum Gasteiger partial charge on any atom is 0.0737 e. The summed E-state index contributed by atoms with van der Waals surface area (Å²) in [6.45, 7) is 17.6. The molecule has 7 aromatic rings. The summed E-state index contributed by atoms with van der Waals surface area (Å²) in [7, 11) is 0. The first-order valence-corrected chi connectivity index (χ1v) is 19.5. The molecule has 3 aromatic heterocycles. The highest BCUT2D eigenvalue weighted by atomic mass is 15.0. The highest BCUT2D eigenvalue weighted by Crippen LogP contribution is 2.48. The molecule has 9 rings (SSSR count). The number of rotatable bonds is 4. The Bertz CT molecular complexity index is 3000. The van der Waals surface area contributed by atoms with E-state index >= 15 is 0 Å². The minimum Gasteiger partial charge on any atom is -0.355 e.